The molecule has 1 heterocycles. The highest BCUT2D eigenvalue weighted by atomic mass is 16.5. The van der Waals surface area contributed by atoms with Gasteiger partial charge in [0.05, 0.1) is 0 Å². The standard InChI is InChI=1S/C10H15N3O4/c1-13-6-7(10(15)16)8(12-13)9(14)11-4-3-5-17-2/h6H,3-5H2,1-2H3,(H,11,14)(H,15,16). The summed E-state index contributed by atoms with van der Waals surface area (Å²) in [6.07, 6.45) is 1.96. The monoisotopic (exact) mass is 241 g/mol. The molecule has 0 aromatic carbocycles. The molecule has 0 aliphatic rings. The first-order valence-corrected chi connectivity index (χ1v) is 5.10. The predicted octanol–water partition coefficient (Wildman–Crippen LogP) is -0.115. The average molecular weight is 241 g/mol. The van der Waals surface area contributed by atoms with Crippen LogP contribution in [-0.4, -0.2) is 47.0 Å². The van der Waals surface area contributed by atoms with E-state index in [-0.39, 0.29) is 11.3 Å². The number of carboxylic acids is 1. The summed E-state index contributed by atoms with van der Waals surface area (Å²) in [7, 11) is 3.14. The van der Waals surface area contributed by atoms with Gasteiger partial charge in [-0.15, -0.1) is 0 Å². The lowest BCUT2D eigenvalue weighted by atomic mass is 10.2. The number of carboxylic acid groups (broad SMARTS) is 1. The lowest BCUT2D eigenvalue weighted by Crippen LogP contribution is -2.27. The Morgan fingerprint density at radius 1 is 1.59 bits per heavy atom. The lowest BCUT2D eigenvalue weighted by molar-refractivity contribution is 0.0690. The van der Waals surface area contributed by atoms with Crippen molar-refractivity contribution < 1.29 is 19.4 Å². The fourth-order valence-electron chi connectivity index (χ4n) is 1.31. The summed E-state index contributed by atoms with van der Waals surface area (Å²) in [6.45, 7) is 0.955. The molecule has 1 aromatic rings. The first-order chi connectivity index (χ1) is 8.06. The molecule has 0 unspecified atom stereocenters. The highest BCUT2D eigenvalue weighted by molar-refractivity contribution is 6.03. The van der Waals surface area contributed by atoms with E-state index in [1.807, 2.05) is 0 Å². The highest BCUT2D eigenvalue weighted by Gasteiger charge is 2.20. The summed E-state index contributed by atoms with van der Waals surface area (Å²) in [5.41, 5.74) is -0.172. The number of rotatable bonds is 6. The largest absolute Gasteiger partial charge is 0.478 e. The second-order valence-corrected chi connectivity index (χ2v) is 3.47. The first-order valence-electron chi connectivity index (χ1n) is 5.10. The minimum atomic E-state index is -1.17. The highest BCUT2D eigenvalue weighted by Crippen LogP contribution is 2.06. The van der Waals surface area contributed by atoms with Crippen LogP contribution in [0.1, 0.15) is 27.3 Å². The van der Waals surface area contributed by atoms with Crippen LogP contribution in [0.25, 0.3) is 0 Å². The van der Waals surface area contributed by atoms with Gasteiger partial charge in [-0.3, -0.25) is 9.48 Å². The minimum absolute atomic E-state index is 0.0718. The topological polar surface area (TPSA) is 93.5 Å². The minimum Gasteiger partial charge on any atom is -0.478 e. The number of aryl methyl sites for hydroxylation is 1. The van der Waals surface area contributed by atoms with Gasteiger partial charge in [-0.1, -0.05) is 0 Å². The Balaban J connectivity index is 2.65. The zero-order valence-electron chi connectivity index (χ0n) is 9.77. The Morgan fingerprint density at radius 2 is 2.29 bits per heavy atom. The van der Waals surface area contributed by atoms with E-state index in [0.717, 1.165) is 0 Å². The predicted molar refractivity (Wildman–Crippen MR) is 59.0 cm³/mol. The Bertz CT molecular complexity index is 414. The van der Waals surface area contributed by atoms with Gasteiger partial charge in [-0.25, -0.2) is 4.79 Å². The van der Waals surface area contributed by atoms with Crippen LogP contribution in [0.4, 0.5) is 0 Å². The van der Waals surface area contributed by atoms with Crippen molar-refractivity contribution in [1.29, 1.82) is 0 Å². The lowest BCUT2D eigenvalue weighted by Gasteiger charge is -2.02. The Kier molecular flexibility index (Phi) is 4.65. The van der Waals surface area contributed by atoms with Gasteiger partial charge < -0.3 is 15.2 Å². The molecule has 7 heteroatoms. The molecule has 0 atom stereocenters. The normalized spacial score (nSPS) is 10.2. The van der Waals surface area contributed by atoms with Crippen LogP contribution in [0.3, 0.4) is 0 Å². The molecule has 17 heavy (non-hydrogen) atoms. The van der Waals surface area contributed by atoms with Gasteiger partial charge in [0, 0.05) is 33.5 Å². The van der Waals surface area contributed by atoms with Gasteiger partial charge in [0.15, 0.2) is 5.69 Å². The molecule has 0 aliphatic heterocycles. The third-order valence-corrected chi connectivity index (χ3v) is 2.09. The van der Waals surface area contributed by atoms with Gasteiger partial charge in [0.2, 0.25) is 0 Å². The molecule has 7 nitrogen and oxygen atoms in total. The number of aromatic carboxylic acids is 1. The van der Waals surface area contributed by atoms with Crippen molar-refractivity contribution in [3.05, 3.63) is 17.5 Å². The maximum Gasteiger partial charge on any atom is 0.339 e. The molecule has 1 amide bonds. The molecule has 0 saturated carbocycles. The third-order valence-electron chi connectivity index (χ3n) is 2.09. The van der Waals surface area contributed by atoms with Crippen LogP contribution in [0.5, 0.6) is 0 Å². The van der Waals surface area contributed by atoms with E-state index in [1.165, 1.54) is 10.9 Å². The SMILES string of the molecule is COCCCNC(=O)c1nn(C)cc1C(=O)O. The number of nitrogens with one attached hydrogen (secondary N) is 1. The number of nitrogens with zero attached hydrogens (tertiary/aromatic N) is 2. The summed E-state index contributed by atoms with van der Waals surface area (Å²) in [4.78, 5) is 22.5. The first kappa shape index (κ1) is 13.2. The maximum absolute atomic E-state index is 11.7. The Morgan fingerprint density at radius 3 is 2.88 bits per heavy atom. The van der Waals surface area contributed by atoms with E-state index in [1.54, 1.807) is 14.2 Å². The van der Waals surface area contributed by atoms with Crippen LogP contribution in [0.2, 0.25) is 0 Å². The van der Waals surface area contributed by atoms with Gasteiger partial charge in [-0.2, -0.15) is 5.10 Å². The summed E-state index contributed by atoms with van der Waals surface area (Å²) < 4.78 is 6.13. The van der Waals surface area contributed by atoms with Crippen molar-refractivity contribution >= 4 is 11.9 Å². The van der Waals surface area contributed by atoms with Crippen molar-refractivity contribution in [1.82, 2.24) is 15.1 Å². The molecular formula is C10H15N3O4. The molecular weight excluding hydrogens is 226 g/mol. The summed E-state index contributed by atoms with van der Waals surface area (Å²) >= 11 is 0. The van der Waals surface area contributed by atoms with E-state index in [4.69, 9.17) is 9.84 Å². The van der Waals surface area contributed by atoms with Crippen molar-refractivity contribution in [2.24, 2.45) is 7.05 Å². The van der Waals surface area contributed by atoms with Crippen LogP contribution >= 0.6 is 0 Å². The van der Waals surface area contributed by atoms with Gasteiger partial charge >= 0.3 is 5.97 Å². The van der Waals surface area contributed by atoms with E-state index < -0.39 is 11.9 Å². The number of hydrogen-bond donors (Lipinski definition) is 2. The molecule has 0 bridgehead atoms. The third kappa shape index (κ3) is 3.56. The number of amides is 1. The molecule has 2 N–H and O–H groups in total. The molecule has 0 radical (unpaired) electrons. The van der Waals surface area contributed by atoms with Crippen molar-refractivity contribution in [2.75, 3.05) is 20.3 Å². The molecule has 94 valence electrons. The van der Waals surface area contributed by atoms with Gasteiger partial charge in [0.1, 0.15) is 5.56 Å². The molecule has 0 fully saturated rings. The van der Waals surface area contributed by atoms with Crippen LogP contribution < -0.4 is 5.32 Å². The fourth-order valence-corrected chi connectivity index (χ4v) is 1.31. The van der Waals surface area contributed by atoms with Crippen LogP contribution in [-0.2, 0) is 11.8 Å². The zero-order chi connectivity index (χ0) is 12.8. The number of carbonyl (C=O) groups excluding carboxylic acids is 1. The summed E-state index contributed by atoms with van der Waals surface area (Å²) in [5.74, 6) is -1.65. The zero-order valence-corrected chi connectivity index (χ0v) is 9.77. The summed E-state index contributed by atoms with van der Waals surface area (Å²) in [6, 6.07) is 0. The number of methoxy groups -OCH3 is 1. The van der Waals surface area contributed by atoms with Crippen molar-refractivity contribution in [3.63, 3.8) is 0 Å². The average Bonchev–Trinajstić information content (AvgIpc) is 2.66. The molecule has 1 rings (SSSR count). The second kappa shape index (κ2) is 6.00. The van der Waals surface area contributed by atoms with Crippen LogP contribution in [0.15, 0.2) is 6.20 Å². The Labute approximate surface area is 98.4 Å². The summed E-state index contributed by atoms with van der Waals surface area (Å²) in [5, 5.41) is 15.3. The number of aromatic nitrogens is 2. The molecule has 0 aliphatic carbocycles. The number of hydrogen-bond acceptors (Lipinski definition) is 4. The molecule has 1 aromatic heterocycles. The van der Waals surface area contributed by atoms with E-state index in [9.17, 15) is 9.59 Å². The van der Waals surface area contributed by atoms with E-state index in [0.29, 0.717) is 19.6 Å². The number of carbonyl (C=O) groups is 2. The second-order valence-electron chi connectivity index (χ2n) is 3.47. The fraction of sp³-hybridized carbons (Fsp3) is 0.500. The van der Waals surface area contributed by atoms with Gasteiger partial charge in [0.25, 0.3) is 5.91 Å². The van der Waals surface area contributed by atoms with Crippen LogP contribution in [0, 0.1) is 0 Å². The molecule has 0 spiro atoms. The smallest absolute Gasteiger partial charge is 0.339 e. The Hall–Kier alpha value is -1.89. The molecule has 0 saturated heterocycles. The van der Waals surface area contributed by atoms with E-state index >= 15 is 0 Å². The quantitative estimate of drug-likeness (QED) is 0.677. The van der Waals surface area contributed by atoms with Crippen molar-refractivity contribution in [3.8, 4) is 0 Å². The van der Waals surface area contributed by atoms with Crippen molar-refractivity contribution in [2.45, 2.75) is 6.42 Å². The number of ether oxygens (including phenoxy) is 1. The van der Waals surface area contributed by atoms with E-state index in [2.05, 4.69) is 10.4 Å². The van der Waals surface area contributed by atoms with Gasteiger partial charge in [-0.05, 0) is 6.42 Å². The maximum atomic E-state index is 11.7.